The first-order chi connectivity index (χ1) is 14.0. The molecule has 1 atom stereocenters. The molecule has 0 aromatic heterocycles. The topological polar surface area (TPSA) is 35.9 Å². The molecule has 1 unspecified atom stereocenters. The van der Waals surface area contributed by atoms with Gasteiger partial charge in [-0.25, -0.2) is 0 Å². The molecule has 0 bridgehead atoms. The van der Waals surface area contributed by atoms with Crippen LogP contribution in [0.1, 0.15) is 44.4 Å². The van der Waals surface area contributed by atoms with Crippen molar-refractivity contribution in [3.8, 4) is 0 Å². The Balaban J connectivity index is 0.00000240. The van der Waals surface area contributed by atoms with Gasteiger partial charge < -0.3 is 9.84 Å². The number of β-amino-alcohol motifs (C(OH)–C–C–N with tert-alkyl or cyclic N) is 1. The largest absolute Gasteiger partial charge is 0.389 e. The number of halogens is 2. The fraction of sp³-hybridized carbons (Fsp3) is 0.520. The highest BCUT2D eigenvalue weighted by Gasteiger charge is 2.27. The van der Waals surface area contributed by atoms with Crippen molar-refractivity contribution < 1.29 is 9.84 Å². The van der Waals surface area contributed by atoms with Crippen molar-refractivity contribution in [2.24, 2.45) is 0 Å². The zero-order valence-electron chi connectivity index (χ0n) is 18.9. The minimum absolute atomic E-state index is 0. The van der Waals surface area contributed by atoms with Gasteiger partial charge in [-0.2, -0.15) is 0 Å². The lowest BCUT2D eigenvalue weighted by Gasteiger charge is -2.40. The molecule has 174 valence electrons. The standard InChI is InChI=1S/C25H36N2O2.2ClH/c1-4-25(2,3)29-20-23(28)19-26-15-17-27(18-16-26)24(21-11-7-5-8-12-21)22-13-9-6-10-14-22;;/h5-14,23-24,28H,4,15-20H2,1-3H3;2*1H. The Labute approximate surface area is 200 Å². The molecule has 0 amide bonds. The summed E-state index contributed by atoms with van der Waals surface area (Å²) in [5.74, 6) is 0. The summed E-state index contributed by atoms with van der Waals surface area (Å²) >= 11 is 0. The van der Waals surface area contributed by atoms with E-state index < -0.39 is 6.10 Å². The van der Waals surface area contributed by atoms with Crippen molar-refractivity contribution in [2.75, 3.05) is 39.3 Å². The van der Waals surface area contributed by atoms with Gasteiger partial charge in [0.1, 0.15) is 0 Å². The van der Waals surface area contributed by atoms with Crippen molar-refractivity contribution in [1.82, 2.24) is 9.80 Å². The van der Waals surface area contributed by atoms with Gasteiger partial charge in [0.2, 0.25) is 0 Å². The zero-order valence-corrected chi connectivity index (χ0v) is 20.6. The highest BCUT2D eigenvalue weighted by molar-refractivity contribution is 5.85. The van der Waals surface area contributed by atoms with E-state index in [1.165, 1.54) is 11.1 Å². The van der Waals surface area contributed by atoms with E-state index in [-0.39, 0.29) is 36.5 Å². The lowest BCUT2D eigenvalue weighted by atomic mass is 9.96. The summed E-state index contributed by atoms with van der Waals surface area (Å²) in [4.78, 5) is 4.92. The molecule has 3 rings (SSSR count). The van der Waals surface area contributed by atoms with E-state index >= 15 is 0 Å². The first kappa shape index (κ1) is 27.9. The summed E-state index contributed by atoms with van der Waals surface area (Å²) < 4.78 is 5.87. The first-order valence-corrected chi connectivity index (χ1v) is 10.9. The third kappa shape index (κ3) is 8.38. The average Bonchev–Trinajstić information content (AvgIpc) is 2.75. The summed E-state index contributed by atoms with van der Waals surface area (Å²) in [6.45, 7) is 11.2. The van der Waals surface area contributed by atoms with Crippen LogP contribution in [0.3, 0.4) is 0 Å². The van der Waals surface area contributed by atoms with Gasteiger partial charge in [-0.1, -0.05) is 67.6 Å². The molecule has 0 saturated carbocycles. The minimum atomic E-state index is -0.439. The molecular formula is C25H38Cl2N2O2. The van der Waals surface area contributed by atoms with Gasteiger partial charge in [-0.05, 0) is 31.4 Å². The Morgan fingerprint density at radius 3 is 1.81 bits per heavy atom. The number of rotatable bonds is 9. The first-order valence-electron chi connectivity index (χ1n) is 10.9. The summed E-state index contributed by atoms with van der Waals surface area (Å²) in [5.41, 5.74) is 2.50. The monoisotopic (exact) mass is 468 g/mol. The van der Waals surface area contributed by atoms with Crippen LogP contribution in [0.2, 0.25) is 0 Å². The normalized spacial score (nSPS) is 16.4. The highest BCUT2D eigenvalue weighted by Crippen LogP contribution is 2.29. The number of hydrogen-bond acceptors (Lipinski definition) is 4. The van der Waals surface area contributed by atoms with Crippen LogP contribution in [0.15, 0.2) is 60.7 Å². The van der Waals surface area contributed by atoms with Crippen molar-refractivity contribution in [3.05, 3.63) is 71.8 Å². The Bertz CT molecular complexity index is 683. The molecule has 1 heterocycles. The van der Waals surface area contributed by atoms with Gasteiger partial charge in [0.15, 0.2) is 0 Å². The maximum absolute atomic E-state index is 10.4. The number of hydrogen-bond donors (Lipinski definition) is 1. The molecular weight excluding hydrogens is 431 g/mol. The zero-order chi connectivity index (χ0) is 20.7. The summed E-state index contributed by atoms with van der Waals surface area (Å²) in [5, 5.41) is 10.4. The van der Waals surface area contributed by atoms with Gasteiger partial charge in [-0.15, -0.1) is 24.8 Å². The second kappa shape index (κ2) is 13.4. The molecule has 0 spiro atoms. The molecule has 2 aromatic rings. The second-order valence-corrected chi connectivity index (χ2v) is 8.64. The molecule has 6 heteroatoms. The SMILES string of the molecule is CCC(C)(C)OCC(O)CN1CCN(C(c2ccccc2)c2ccccc2)CC1.Cl.Cl. The van der Waals surface area contributed by atoms with Crippen LogP contribution in [0.5, 0.6) is 0 Å². The van der Waals surface area contributed by atoms with Crippen molar-refractivity contribution in [1.29, 1.82) is 0 Å². The lowest BCUT2D eigenvalue weighted by molar-refractivity contribution is -0.0696. The maximum Gasteiger partial charge on any atom is 0.0900 e. The molecule has 1 fully saturated rings. The molecule has 0 radical (unpaired) electrons. The lowest BCUT2D eigenvalue weighted by Crippen LogP contribution is -2.50. The van der Waals surface area contributed by atoms with Gasteiger partial charge in [0.25, 0.3) is 0 Å². The predicted molar refractivity (Wildman–Crippen MR) is 134 cm³/mol. The maximum atomic E-state index is 10.4. The molecule has 1 aliphatic rings. The second-order valence-electron chi connectivity index (χ2n) is 8.64. The van der Waals surface area contributed by atoms with Crippen LogP contribution in [0, 0.1) is 0 Å². The number of piperazine rings is 1. The third-order valence-corrected chi connectivity index (χ3v) is 5.99. The van der Waals surface area contributed by atoms with E-state index in [9.17, 15) is 5.11 Å². The van der Waals surface area contributed by atoms with Crippen LogP contribution < -0.4 is 0 Å². The van der Waals surface area contributed by atoms with Crippen molar-refractivity contribution in [3.63, 3.8) is 0 Å². The summed E-state index contributed by atoms with van der Waals surface area (Å²) in [6, 6.07) is 21.8. The number of nitrogens with zero attached hydrogens (tertiary/aromatic N) is 2. The summed E-state index contributed by atoms with van der Waals surface area (Å²) in [7, 11) is 0. The molecule has 2 aromatic carbocycles. The fourth-order valence-corrected chi connectivity index (χ4v) is 3.86. The highest BCUT2D eigenvalue weighted by atomic mass is 35.5. The summed E-state index contributed by atoms with van der Waals surface area (Å²) in [6.07, 6.45) is 0.505. The van der Waals surface area contributed by atoms with Crippen LogP contribution in [-0.4, -0.2) is 65.9 Å². The van der Waals surface area contributed by atoms with Crippen LogP contribution in [0.4, 0.5) is 0 Å². The predicted octanol–water partition coefficient (Wildman–Crippen LogP) is 4.80. The van der Waals surface area contributed by atoms with E-state index in [4.69, 9.17) is 4.74 Å². The molecule has 0 aliphatic carbocycles. The van der Waals surface area contributed by atoms with Crippen LogP contribution in [0.25, 0.3) is 0 Å². The van der Waals surface area contributed by atoms with Crippen LogP contribution in [-0.2, 0) is 4.74 Å². The van der Waals surface area contributed by atoms with E-state index in [1.807, 2.05) is 0 Å². The number of aliphatic hydroxyl groups excluding tert-OH is 1. The Hall–Kier alpha value is -1.14. The van der Waals surface area contributed by atoms with Crippen molar-refractivity contribution in [2.45, 2.75) is 44.9 Å². The Morgan fingerprint density at radius 1 is 0.871 bits per heavy atom. The van der Waals surface area contributed by atoms with E-state index in [1.54, 1.807) is 0 Å². The quantitative estimate of drug-likeness (QED) is 0.572. The van der Waals surface area contributed by atoms with Gasteiger partial charge in [0, 0.05) is 32.7 Å². The molecule has 4 nitrogen and oxygen atoms in total. The van der Waals surface area contributed by atoms with E-state index in [0.29, 0.717) is 13.2 Å². The molecule has 1 N–H and O–H groups in total. The van der Waals surface area contributed by atoms with Crippen molar-refractivity contribution >= 4 is 24.8 Å². The third-order valence-electron chi connectivity index (χ3n) is 5.99. The minimum Gasteiger partial charge on any atom is -0.389 e. The van der Waals surface area contributed by atoms with Gasteiger partial charge in [-0.3, -0.25) is 9.80 Å². The Kier molecular flexibility index (Phi) is 12.1. The molecule has 31 heavy (non-hydrogen) atoms. The fourth-order valence-electron chi connectivity index (χ4n) is 3.86. The van der Waals surface area contributed by atoms with Gasteiger partial charge >= 0.3 is 0 Å². The van der Waals surface area contributed by atoms with E-state index in [2.05, 4.69) is 91.2 Å². The number of ether oxygens (including phenoxy) is 1. The Morgan fingerprint density at radius 2 is 1.35 bits per heavy atom. The smallest absolute Gasteiger partial charge is 0.0900 e. The van der Waals surface area contributed by atoms with Crippen LogP contribution >= 0.6 is 24.8 Å². The number of aliphatic hydroxyl groups is 1. The van der Waals surface area contributed by atoms with Gasteiger partial charge in [0.05, 0.1) is 24.4 Å². The molecule has 1 aliphatic heterocycles. The molecule has 1 saturated heterocycles. The van der Waals surface area contributed by atoms with E-state index in [0.717, 1.165) is 32.6 Å². The number of benzene rings is 2. The average molecular weight is 469 g/mol.